The molecule has 41 heavy (non-hydrogen) atoms. The summed E-state index contributed by atoms with van der Waals surface area (Å²) in [7, 11) is 1.61. The molecule has 0 aliphatic heterocycles. The van der Waals surface area contributed by atoms with Gasteiger partial charge in [-0.2, -0.15) is 0 Å². The quantitative estimate of drug-likeness (QED) is 0.216. The molecule has 0 unspecified atom stereocenters. The van der Waals surface area contributed by atoms with Crippen molar-refractivity contribution in [2.45, 2.75) is 6.42 Å². The van der Waals surface area contributed by atoms with Gasteiger partial charge in [-0.05, 0) is 54.6 Å². The van der Waals surface area contributed by atoms with E-state index < -0.39 is 5.56 Å². The van der Waals surface area contributed by atoms with Gasteiger partial charge >= 0.3 is 0 Å². The van der Waals surface area contributed by atoms with Crippen LogP contribution in [0, 0.1) is 0 Å². The number of hydrogen-bond donors (Lipinski definition) is 0. The Labute approximate surface area is 235 Å². The molecule has 0 radical (unpaired) electrons. The van der Waals surface area contributed by atoms with Crippen LogP contribution in [0.1, 0.15) is 16.1 Å². The van der Waals surface area contributed by atoms with Crippen LogP contribution in [-0.4, -0.2) is 32.4 Å². The zero-order valence-electron chi connectivity index (χ0n) is 22.1. The zero-order chi connectivity index (χ0) is 28.2. The second-order valence-electron chi connectivity index (χ2n) is 9.27. The topological polar surface area (TPSA) is 96.2 Å². The molecule has 0 atom stereocenters. The van der Waals surface area contributed by atoms with E-state index in [1.54, 1.807) is 62.4 Å². The van der Waals surface area contributed by atoms with E-state index in [0.717, 1.165) is 16.5 Å². The van der Waals surface area contributed by atoms with Gasteiger partial charge in [0.05, 0.1) is 30.8 Å². The first-order chi connectivity index (χ1) is 20.1. The first-order valence-electron chi connectivity index (χ1n) is 12.9. The highest BCUT2D eigenvalue weighted by Gasteiger charge is 2.17. The van der Waals surface area contributed by atoms with E-state index in [2.05, 4.69) is 15.0 Å². The predicted octanol–water partition coefficient (Wildman–Crippen LogP) is 6.07. The summed E-state index contributed by atoms with van der Waals surface area (Å²) in [5.74, 6) is 1.51. The fourth-order valence-electron chi connectivity index (χ4n) is 4.53. The summed E-state index contributed by atoms with van der Waals surface area (Å²) in [6, 6.07) is 25.4. The highest BCUT2D eigenvalue weighted by Crippen LogP contribution is 2.30. The van der Waals surface area contributed by atoms with E-state index >= 15 is 0 Å². The van der Waals surface area contributed by atoms with E-state index in [1.807, 2.05) is 60.7 Å². The van der Waals surface area contributed by atoms with E-state index in [-0.39, 0.29) is 17.8 Å². The Bertz CT molecular complexity index is 1900. The summed E-state index contributed by atoms with van der Waals surface area (Å²) >= 11 is 0. The molecule has 6 rings (SSSR count). The van der Waals surface area contributed by atoms with Crippen LogP contribution in [0.15, 0.2) is 121 Å². The fourth-order valence-corrected chi connectivity index (χ4v) is 4.53. The maximum atomic E-state index is 13.5. The Morgan fingerprint density at radius 3 is 2.44 bits per heavy atom. The lowest BCUT2D eigenvalue weighted by atomic mass is 10.0. The molecule has 0 aliphatic rings. The number of carbonyl (C=O) groups excluding carboxylic acids is 1. The summed E-state index contributed by atoms with van der Waals surface area (Å²) in [5, 5.41) is 0.829. The average Bonchev–Trinajstić information content (AvgIpc) is 3.02. The Hall–Kier alpha value is -5.63. The minimum atomic E-state index is -0.394. The minimum absolute atomic E-state index is 0.0429. The molecule has 0 aliphatic carbocycles. The molecule has 2 aromatic carbocycles. The van der Waals surface area contributed by atoms with Gasteiger partial charge in [-0.1, -0.05) is 24.3 Å². The second-order valence-corrected chi connectivity index (χ2v) is 9.27. The molecular formula is C33H24N4O4. The van der Waals surface area contributed by atoms with Gasteiger partial charge in [-0.3, -0.25) is 29.1 Å². The van der Waals surface area contributed by atoms with E-state index in [0.29, 0.717) is 34.2 Å². The number of methoxy groups -OCH3 is 1. The first kappa shape index (κ1) is 25.6. The molecule has 4 heterocycles. The number of Topliss-reactive ketones (excluding diaryl/α,β-unsaturated/α-hetero) is 1. The lowest BCUT2D eigenvalue weighted by Gasteiger charge is -2.12. The highest BCUT2D eigenvalue weighted by molar-refractivity contribution is 5.98. The number of rotatable bonds is 8. The Morgan fingerprint density at radius 2 is 1.68 bits per heavy atom. The third kappa shape index (κ3) is 5.44. The Kier molecular flexibility index (Phi) is 7.02. The van der Waals surface area contributed by atoms with Crippen LogP contribution in [0.3, 0.4) is 0 Å². The maximum absolute atomic E-state index is 13.5. The summed E-state index contributed by atoms with van der Waals surface area (Å²) in [6.45, 7) is 0. The van der Waals surface area contributed by atoms with Crippen molar-refractivity contribution in [1.82, 2.24) is 19.5 Å². The maximum Gasteiger partial charge on any atom is 0.266 e. The fraction of sp³-hybridized carbons (Fsp3) is 0.0606. The van der Waals surface area contributed by atoms with Gasteiger partial charge in [0.25, 0.3) is 5.56 Å². The molecule has 8 nitrogen and oxygen atoms in total. The van der Waals surface area contributed by atoms with Crippen molar-refractivity contribution >= 4 is 16.7 Å². The molecule has 0 bridgehead atoms. The number of pyridine rings is 4. The summed E-state index contributed by atoms with van der Waals surface area (Å²) in [4.78, 5) is 39.9. The summed E-state index contributed by atoms with van der Waals surface area (Å²) in [6.07, 6.45) is 8.29. The number of ether oxygens (including phenoxy) is 2. The average molecular weight is 541 g/mol. The van der Waals surface area contributed by atoms with Crippen LogP contribution in [0.25, 0.3) is 27.7 Å². The lowest BCUT2D eigenvalue weighted by Crippen LogP contribution is -2.26. The third-order valence-corrected chi connectivity index (χ3v) is 6.62. The van der Waals surface area contributed by atoms with Crippen LogP contribution in [-0.2, 0) is 6.42 Å². The molecule has 0 saturated carbocycles. The number of ketones is 1. The number of benzene rings is 2. The molecule has 200 valence electrons. The molecule has 0 spiro atoms. The van der Waals surface area contributed by atoms with Gasteiger partial charge in [-0.15, -0.1) is 0 Å². The largest absolute Gasteiger partial charge is 0.497 e. The zero-order valence-corrected chi connectivity index (χ0v) is 22.1. The minimum Gasteiger partial charge on any atom is -0.497 e. The third-order valence-electron chi connectivity index (χ3n) is 6.62. The molecule has 4 aromatic heterocycles. The van der Waals surface area contributed by atoms with Crippen LogP contribution >= 0.6 is 0 Å². The van der Waals surface area contributed by atoms with Gasteiger partial charge in [0.1, 0.15) is 17.2 Å². The first-order valence-corrected chi connectivity index (χ1v) is 12.9. The highest BCUT2D eigenvalue weighted by atomic mass is 16.5. The molecule has 0 saturated heterocycles. The number of hydrogen-bond acceptors (Lipinski definition) is 7. The summed E-state index contributed by atoms with van der Waals surface area (Å²) in [5.41, 5.74) is 3.12. The van der Waals surface area contributed by atoms with E-state index in [1.165, 1.54) is 4.57 Å². The number of carbonyl (C=O) groups is 1. The molecule has 0 N–H and O–H groups in total. The number of fused-ring (bicyclic) bond motifs is 1. The van der Waals surface area contributed by atoms with Crippen molar-refractivity contribution in [1.29, 1.82) is 0 Å². The molecule has 0 amide bonds. The smallest absolute Gasteiger partial charge is 0.266 e. The SMILES string of the molecule is COc1ccc2c(Oc3ccc(CC(=O)c4cc(-c5cccnc5)cn(-c5ccccc5)c4=O)nc3)ccnc2c1. The second kappa shape index (κ2) is 11.2. The summed E-state index contributed by atoms with van der Waals surface area (Å²) < 4.78 is 12.8. The van der Waals surface area contributed by atoms with Crippen LogP contribution in [0.5, 0.6) is 17.2 Å². The predicted molar refractivity (Wildman–Crippen MR) is 156 cm³/mol. The van der Waals surface area contributed by atoms with Crippen molar-refractivity contribution in [2.24, 2.45) is 0 Å². The lowest BCUT2D eigenvalue weighted by molar-refractivity contribution is 0.0990. The molecule has 0 fully saturated rings. The molecular weight excluding hydrogens is 516 g/mol. The van der Waals surface area contributed by atoms with Gasteiger partial charge in [-0.25, -0.2) is 0 Å². The van der Waals surface area contributed by atoms with Crippen molar-refractivity contribution < 1.29 is 14.3 Å². The van der Waals surface area contributed by atoms with Gasteiger partial charge < -0.3 is 9.47 Å². The molecule has 6 aromatic rings. The van der Waals surface area contributed by atoms with Gasteiger partial charge in [0.2, 0.25) is 0 Å². The monoisotopic (exact) mass is 540 g/mol. The van der Waals surface area contributed by atoms with Crippen LogP contribution in [0.4, 0.5) is 0 Å². The van der Waals surface area contributed by atoms with Crippen LogP contribution < -0.4 is 15.0 Å². The van der Waals surface area contributed by atoms with Crippen molar-refractivity contribution in [2.75, 3.05) is 7.11 Å². The van der Waals surface area contributed by atoms with E-state index in [4.69, 9.17) is 9.47 Å². The van der Waals surface area contributed by atoms with Gasteiger partial charge in [0.15, 0.2) is 5.78 Å². The number of nitrogens with zero attached hydrogens (tertiary/aromatic N) is 4. The van der Waals surface area contributed by atoms with Crippen molar-refractivity contribution in [3.63, 3.8) is 0 Å². The Balaban J connectivity index is 1.27. The van der Waals surface area contributed by atoms with Gasteiger partial charge in [0, 0.05) is 58.7 Å². The van der Waals surface area contributed by atoms with E-state index in [9.17, 15) is 9.59 Å². The van der Waals surface area contributed by atoms with Crippen molar-refractivity contribution in [3.05, 3.63) is 138 Å². The number of para-hydroxylation sites is 1. The Morgan fingerprint density at radius 1 is 0.829 bits per heavy atom. The van der Waals surface area contributed by atoms with Crippen LogP contribution in [0.2, 0.25) is 0 Å². The number of aromatic nitrogens is 4. The van der Waals surface area contributed by atoms with Crippen molar-refractivity contribution in [3.8, 4) is 34.1 Å². The standard InChI is InChI=1S/C33H24N4O4/c1-40-26-11-12-28-30(18-26)35-15-13-32(28)41-27-10-9-24(36-20-27)17-31(38)29-16-23(22-6-5-14-34-19-22)21-37(33(29)39)25-7-3-2-4-8-25/h2-16,18-21H,17H2,1H3. The molecule has 8 heteroatoms. The normalized spacial score (nSPS) is 10.9.